The third kappa shape index (κ3) is 4.13. The second-order valence-electron chi connectivity index (χ2n) is 5.71. The molecule has 7 heteroatoms. The second kappa shape index (κ2) is 7.60. The maximum absolute atomic E-state index is 12.3. The highest BCUT2D eigenvalue weighted by molar-refractivity contribution is 5.89. The number of ether oxygens (including phenoxy) is 1. The summed E-state index contributed by atoms with van der Waals surface area (Å²) < 4.78 is 5.46. The summed E-state index contributed by atoms with van der Waals surface area (Å²) in [4.78, 5) is 24.9. The molecule has 0 fully saturated rings. The molecule has 26 heavy (non-hydrogen) atoms. The molecule has 0 aliphatic heterocycles. The molecule has 3 rings (SSSR count). The Bertz CT molecular complexity index is 921. The summed E-state index contributed by atoms with van der Waals surface area (Å²) >= 11 is 0. The van der Waals surface area contributed by atoms with Crippen molar-refractivity contribution in [1.82, 2.24) is 15.0 Å². The number of hydrogen-bond acceptors (Lipinski definition) is 5. The average molecular weight is 350 g/mol. The standard InChI is InChI=1S/C19H18N4O3/c1-13(15-7-6-8-16(11-15)21-14(2)24)26-19(25)18-12-20-23(22-18)17-9-4-3-5-10-17/h3-13H,1-2H3,(H,21,24). The van der Waals surface area contributed by atoms with Gasteiger partial charge in [-0.3, -0.25) is 4.79 Å². The summed E-state index contributed by atoms with van der Waals surface area (Å²) in [5, 5.41) is 11.0. The van der Waals surface area contributed by atoms with Crippen LogP contribution in [0.2, 0.25) is 0 Å². The number of nitrogens with one attached hydrogen (secondary N) is 1. The van der Waals surface area contributed by atoms with E-state index in [-0.39, 0.29) is 11.6 Å². The van der Waals surface area contributed by atoms with E-state index < -0.39 is 12.1 Å². The van der Waals surface area contributed by atoms with Gasteiger partial charge in [0.1, 0.15) is 6.10 Å². The number of carbonyl (C=O) groups is 2. The second-order valence-corrected chi connectivity index (χ2v) is 5.71. The van der Waals surface area contributed by atoms with Crippen molar-refractivity contribution in [3.05, 3.63) is 72.1 Å². The first kappa shape index (κ1) is 17.3. The molecular formula is C19H18N4O3. The van der Waals surface area contributed by atoms with Crippen LogP contribution in [-0.4, -0.2) is 26.9 Å². The quantitative estimate of drug-likeness (QED) is 0.715. The van der Waals surface area contributed by atoms with Crippen LogP contribution < -0.4 is 5.32 Å². The molecule has 1 heterocycles. The number of amides is 1. The first-order chi connectivity index (χ1) is 12.5. The largest absolute Gasteiger partial charge is 0.453 e. The fraction of sp³-hybridized carbons (Fsp3) is 0.158. The highest BCUT2D eigenvalue weighted by Gasteiger charge is 2.17. The first-order valence-corrected chi connectivity index (χ1v) is 8.09. The van der Waals surface area contributed by atoms with Crippen LogP contribution in [0.4, 0.5) is 5.69 Å². The molecule has 1 aromatic heterocycles. The van der Waals surface area contributed by atoms with E-state index in [0.717, 1.165) is 11.3 Å². The molecule has 3 aromatic rings. The van der Waals surface area contributed by atoms with Crippen molar-refractivity contribution in [3.63, 3.8) is 0 Å². The van der Waals surface area contributed by atoms with Gasteiger partial charge in [0, 0.05) is 12.6 Å². The van der Waals surface area contributed by atoms with Crippen LogP contribution in [0.3, 0.4) is 0 Å². The van der Waals surface area contributed by atoms with Gasteiger partial charge in [-0.25, -0.2) is 4.79 Å². The lowest BCUT2D eigenvalue weighted by Crippen LogP contribution is -2.11. The molecule has 0 aliphatic rings. The average Bonchev–Trinajstić information content (AvgIpc) is 3.12. The van der Waals surface area contributed by atoms with E-state index in [2.05, 4.69) is 15.5 Å². The van der Waals surface area contributed by atoms with Crippen LogP contribution in [-0.2, 0) is 9.53 Å². The molecule has 0 radical (unpaired) electrons. The summed E-state index contributed by atoms with van der Waals surface area (Å²) in [5.41, 5.74) is 2.29. The van der Waals surface area contributed by atoms with Gasteiger partial charge in [-0.15, -0.1) is 5.10 Å². The Morgan fingerprint density at radius 1 is 1.12 bits per heavy atom. The Morgan fingerprint density at radius 3 is 2.62 bits per heavy atom. The van der Waals surface area contributed by atoms with E-state index in [1.807, 2.05) is 36.4 Å². The minimum Gasteiger partial charge on any atom is -0.453 e. The number of esters is 1. The number of aromatic nitrogens is 3. The summed E-state index contributed by atoms with van der Waals surface area (Å²) in [6.07, 6.45) is 0.869. The van der Waals surface area contributed by atoms with E-state index in [1.54, 1.807) is 25.1 Å². The van der Waals surface area contributed by atoms with Gasteiger partial charge < -0.3 is 10.1 Å². The lowest BCUT2D eigenvalue weighted by atomic mass is 10.1. The third-order valence-electron chi connectivity index (χ3n) is 3.65. The van der Waals surface area contributed by atoms with E-state index in [1.165, 1.54) is 17.9 Å². The Morgan fingerprint density at radius 2 is 1.88 bits per heavy atom. The molecule has 1 atom stereocenters. The maximum atomic E-state index is 12.3. The highest BCUT2D eigenvalue weighted by Crippen LogP contribution is 2.21. The summed E-state index contributed by atoms with van der Waals surface area (Å²) in [6.45, 7) is 3.19. The van der Waals surface area contributed by atoms with Gasteiger partial charge in [0.2, 0.25) is 5.91 Å². The minimum absolute atomic E-state index is 0.124. The smallest absolute Gasteiger partial charge is 0.361 e. The van der Waals surface area contributed by atoms with Crippen molar-refractivity contribution in [2.45, 2.75) is 20.0 Å². The van der Waals surface area contributed by atoms with Gasteiger partial charge in [0.25, 0.3) is 0 Å². The molecule has 0 aliphatic carbocycles. The molecule has 7 nitrogen and oxygen atoms in total. The van der Waals surface area contributed by atoms with E-state index in [4.69, 9.17) is 4.74 Å². The monoisotopic (exact) mass is 350 g/mol. The van der Waals surface area contributed by atoms with E-state index >= 15 is 0 Å². The van der Waals surface area contributed by atoms with Crippen molar-refractivity contribution in [2.75, 3.05) is 5.32 Å². The van der Waals surface area contributed by atoms with Crippen molar-refractivity contribution >= 4 is 17.6 Å². The number of benzene rings is 2. The molecule has 1 amide bonds. The summed E-state index contributed by atoms with van der Waals surface area (Å²) in [6, 6.07) is 16.4. The van der Waals surface area contributed by atoms with Crippen LogP contribution in [0.5, 0.6) is 0 Å². The minimum atomic E-state index is -0.565. The Balaban J connectivity index is 1.70. The molecule has 0 saturated carbocycles. The summed E-state index contributed by atoms with van der Waals surface area (Å²) in [7, 11) is 0. The van der Waals surface area contributed by atoms with Gasteiger partial charge in [0.15, 0.2) is 5.69 Å². The molecule has 1 unspecified atom stereocenters. The fourth-order valence-electron chi connectivity index (χ4n) is 2.40. The number of para-hydroxylation sites is 1. The lowest BCUT2D eigenvalue weighted by molar-refractivity contribution is -0.114. The number of anilines is 1. The van der Waals surface area contributed by atoms with Crippen LogP contribution in [0.15, 0.2) is 60.8 Å². The summed E-state index contributed by atoms with van der Waals surface area (Å²) in [5.74, 6) is -0.728. The molecule has 0 bridgehead atoms. The molecule has 1 N–H and O–H groups in total. The van der Waals surface area contributed by atoms with Crippen molar-refractivity contribution in [2.24, 2.45) is 0 Å². The normalized spacial score (nSPS) is 11.6. The highest BCUT2D eigenvalue weighted by atomic mass is 16.5. The number of nitrogens with zero attached hydrogens (tertiary/aromatic N) is 3. The van der Waals surface area contributed by atoms with Gasteiger partial charge in [0.05, 0.1) is 11.9 Å². The van der Waals surface area contributed by atoms with Crippen LogP contribution in [0.1, 0.15) is 36.0 Å². The molecule has 132 valence electrons. The molecule has 2 aromatic carbocycles. The number of rotatable bonds is 5. The van der Waals surface area contributed by atoms with Gasteiger partial charge >= 0.3 is 5.97 Å². The van der Waals surface area contributed by atoms with Gasteiger partial charge in [-0.2, -0.15) is 9.90 Å². The van der Waals surface area contributed by atoms with Gasteiger partial charge in [-0.05, 0) is 36.8 Å². The fourth-order valence-corrected chi connectivity index (χ4v) is 2.40. The Kier molecular flexibility index (Phi) is 5.07. The van der Waals surface area contributed by atoms with Gasteiger partial charge in [-0.1, -0.05) is 30.3 Å². The van der Waals surface area contributed by atoms with Crippen molar-refractivity contribution in [3.8, 4) is 5.69 Å². The number of carbonyl (C=O) groups excluding carboxylic acids is 2. The predicted octanol–water partition coefficient (Wildman–Crippen LogP) is 3.14. The van der Waals surface area contributed by atoms with Crippen LogP contribution >= 0.6 is 0 Å². The maximum Gasteiger partial charge on any atom is 0.361 e. The molecular weight excluding hydrogens is 332 g/mol. The van der Waals surface area contributed by atoms with Crippen molar-refractivity contribution < 1.29 is 14.3 Å². The van der Waals surface area contributed by atoms with Crippen LogP contribution in [0.25, 0.3) is 5.69 Å². The Hall–Kier alpha value is -3.48. The topological polar surface area (TPSA) is 86.1 Å². The predicted molar refractivity (Wildman–Crippen MR) is 95.9 cm³/mol. The van der Waals surface area contributed by atoms with E-state index in [9.17, 15) is 9.59 Å². The number of hydrogen-bond donors (Lipinski definition) is 1. The first-order valence-electron chi connectivity index (χ1n) is 8.09. The Labute approximate surface area is 150 Å². The SMILES string of the molecule is CC(=O)Nc1cccc(C(C)OC(=O)c2cnn(-c3ccccc3)n2)c1. The van der Waals surface area contributed by atoms with E-state index in [0.29, 0.717) is 5.69 Å². The zero-order valence-corrected chi connectivity index (χ0v) is 14.4. The molecule has 0 spiro atoms. The zero-order chi connectivity index (χ0) is 18.5. The van der Waals surface area contributed by atoms with Crippen molar-refractivity contribution in [1.29, 1.82) is 0 Å². The molecule has 0 saturated heterocycles. The third-order valence-corrected chi connectivity index (χ3v) is 3.65. The lowest BCUT2D eigenvalue weighted by Gasteiger charge is -2.14. The van der Waals surface area contributed by atoms with Crippen LogP contribution in [0, 0.1) is 0 Å². The zero-order valence-electron chi connectivity index (χ0n) is 14.4.